The Morgan fingerprint density at radius 1 is 1.27 bits per heavy atom. The molecule has 2 aromatic carbocycles. The fourth-order valence-electron chi connectivity index (χ4n) is 1.71. The summed E-state index contributed by atoms with van der Waals surface area (Å²) in [6.07, 6.45) is -0.742. The molecule has 0 aromatic heterocycles. The zero-order valence-corrected chi connectivity index (χ0v) is 12.4. The first kappa shape index (κ1) is 15.8. The number of halogens is 1. The van der Waals surface area contributed by atoms with Crippen molar-refractivity contribution in [2.45, 2.75) is 13.0 Å². The van der Waals surface area contributed by atoms with E-state index >= 15 is 0 Å². The lowest BCUT2D eigenvalue weighted by atomic mass is 10.2. The van der Waals surface area contributed by atoms with Crippen molar-refractivity contribution >= 4 is 28.9 Å². The van der Waals surface area contributed by atoms with Crippen molar-refractivity contribution < 1.29 is 14.5 Å². The predicted octanol–water partition coefficient (Wildman–Crippen LogP) is 3.65. The molecular formula is C15H13ClN2O4. The van der Waals surface area contributed by atoms with Crippen molar-refractivity contribution in [3.63, 3.8) is 0 Å². The second-order valence-corrected chi connectivity index (χ2v) is 4.89. The van der Waals surface area contributed by atoms with Crippen LogP contribution < -0.4 is 10.1 Å². The summed E-state index contributed by atoms with van der Waals surface area (Å²) in [4.78, 5) is 22.1. The molecule has 114 valence electrons. The van der Waals surface area contributed by atoms with Crippen LogP contribution in [0.2, 0.25) is 5.02 Å². The van der Waals surface area contributed by atoms with Gasteiger partial charge in [-0.2, -0.15) is 0 Å². The molecule has 0 saturated heterocycles. The molecule has 7 heteroatoms. The van der Waals surface area contributed by atoms with E-state index in [2.05, 4.69) is 5.32 Å². The zero-order chi connectivity index (χ0) is 16.1. The minimum Gasteiger partial charge on any atom is -0.481 e. The van der Waals surface area contributed by atoms with Gasteiger partial charge in [0.15, 0.2) is 6.10 Å². The highest BCUT2D eigenvalue weighted by atomic mass is 35.5. The Morgan fingerprint density at radius 2 is 1.95 bits per heavy atom. The van der Waals surface area contributed by atoms with E-state index in [1.807, 2.05) is 6.07 Å². The number of nitro groups is 1. The Kier molecular flexibility index (Phi) is 4.95. The molecule has 1 unspecified atom stereocenters. The van der Waals surface area contributed by atoms with Gasteiger partial charge in [-0.3, -0.25) is 14.9 Å². The number of rotatable bonds is 5. The molecule has 2 rings (SSSR count). The van der Waals surface area contributed by atoms with Gasteiger partial charge in [0.25, 0.3) is 11.6 Å². The summed E-state index contributed by atoms with van der Waals surface area (Å²) >= 11 is 5.92. The Labute approximate surface area is 131 Å². The molecule has 1 atom stereocenters. The Hall–Kier alpha value is -2.60. The fourth-order valence-corrected chi connectivity index (χ4v) is 1.93. The smallest absolute Gasteiger partial charge is 0.271 e. The number of hydrogen-bond acceptors (Lipinski definition) is 4. The number of para-hydroxylation sites is 1. The van der Waals surface area contributed by atoms with Gasteiger partial charge in [-0.05, 0) is 25.1 Å². The molecule has 0 aliphatic rings. The molecule has 6 nitrogen and oxygen atoms in total. The molecule has 0 fully saturated rings. The van der Waals surface area contributed by atoms with Crippen molar-refractivity contribution in [1.29, 1.82) is 0 Å². The largest absolute Gasteiger partial charge is 0.481 e. The molecule has 0 spiro atoms. The first-order valence-electron chi connectivity index (χ1n) is 6.44. The number of anilines is 1. The van der Waals surface area contributed by atoms with E-state index in [4.69, 9.17) is 16.3 Å². The van der Waals surface area contributed by atoms with Crippen LogP contribution in [0.15, 0.2) is 48.5 Å². The van der Waals surface area contributed by atoms with Crippen molar-refractivity contribution in [3.05, 3.63) is 63.7 Å². The number of carbonyl (C=O) groups excluding carboxylic acids is 1. The number of carbonyl (C=O) groups is 1. The van der Waals surface area contributed by atoms with E-state index in [9.17, 15) is 14.9 Å². The fraction of sp³-hybridized carbons (Fsp3) is 0.133. The molecule has 0 radical (unpaired) electrons. The summed E-state index contributed by atoms with van der Waals surface area (Å²) in [6, 6.07) is 12.7. The Balaban J connectivity index is 2.04. The number of benzene rings is 2. The minimum absolute atomic E-state index is 0.0921. The molecule has 0 heterocycles. The molecule has 22 heavy (non-hydrogen) atoms. The molecule has 1 amide bonds. The summed E-state index contributed by atoms with van der Waals surface area (Å²) in [7, 11) is 0. The molecule has 0 aliphatic carbocycles. The standard InChI is InChI=1S/C15H13ClN2O4/c1-10(22-12-5-3-2-4-6-12)15(19)17-14-8-7-11(18(20)21)9-13(14)16/h2-10H,1H3,(H,17,19). The number of hydrogen-bond donors (Lipinski definition) is 1. The number of nitro benzene ring substituents is 1. The zero-order valence-electron chi connectivity index (χ0n) is 11.7. The quantitative estimate of drug-likeness (QED) is 0.673. The highest BCUT2D eigenvalue weighted by Crippen LogP contribution is 2.26. The van der Waals surface area contributed by atoms with Gasteiger partial charge in [0.05, 0.1) is 15.6 Å². The van der Waals surface area contributed by atoms with E-state index in [0.29, 0.717) is 11.4 Å². The number of nitrogens with zero attached hydrogens (tertiary/aromatic N) is 1. The van der Waals surface area contributed by atoms with Gasteiger partial charge in [0.1, 0.15) is 5.75 Å². The maximum atomic E-state index is 12.1. The van der Waals surface area contributed by atoms with E-state index in [0.717, 1.165) is 0 Å². The number of amides is 1. The maximum absolute atomic E-state index is 12.1. The van der Waals surface area contributed by atoms with Crippen LogP contribution in [0.1, 0.15) is 6.92 Å². The third kappa shape index (κ3) is 3.95. The van der Waals surface area contributed by atoms with E-state index < -0.39 is 16.9 Å². The lowest BCUT2D eigenvalue weighted by Gasteiger charge is -2.15. The van der Waals surface area contributed by atoms with Gasteiger partial charge in [0.2, 0.25) is 0 Å². The lowest BCUT2D eigenvalue weighted by Crippen LogP contribution is -2.30. The van der Waals surface area contributed by atoms with Crippen LogP contribution in [0.4, 0.5) is 11.4 Å². The second-order valence-electron chi connectivity index (χ2n) is 4.48. The van der Waals surface area contributed by atoms with Crippen LogP contribution in [0.3, 0.4) is 0 Å². The second kappa shape index (κ2) is 6.91. The van der Waals surface area contributed by atoms with Crippen LogP contribution in [0.5, 0.6) is 5.75 Å². The van der Waals surface area contributed by atoms with Crippen molar-refractivity contribution in [2.75, 3.05) is 5.32 Å². The van der Waals surface area contributed by atoms with Gasteiger partial charge in [-0.1, -0.05) is 29.8 Å². The lowest BCUT2D eigenvalue weighted by molar-refractivity contribution is -0.384. The molecule has 0 bridgehead atoms. The highest BCUT2D eigenvalue weighted by molar-refractivity contribution is 6.34. The third-order valence-corrected chi connectivity index (χ3v) is 3.16. The summed E-state index contributed by atoms with van der Waals surface area (Å²) in [5.41, 5.74) is 0.150. The molecule has 0 aliphatic heterocycles. The molecule has 0 saturated carbocycles. The third-order valence-electron chi connectivity index (χ3n) is 2.85. The minimum atomic E-state index is -0.742. The number of non-ortho nitro benzene ring substituents is 1. The molecule has 2 aromatic rings. The van der Waals surface area contributed by atoms with Gasteiger partial charge in [0, 0.05) is 12.1 Å². The van der Waals surface area contributed by atoms with E-state index in [-0.39, 0.29) is 10.7 Å². The van der Waals surface area contributed by atoms with Crippen LogP contribution in [0, 0.1) is 10.1 Å². The monoisotopic (exact) mass is 320 g/mol. The van der Waals surface area contributed by atoms with Crippen LogP contribution in [-0.2, 0) is 4.79 Å². The average molecular weight is 321 g/mol. The van der Waals surface area contributed by atoms with Gasteiger partial charge in [-0.25, -0.2) is 0 Å². The van der Waals surface area contributed by atoms with Crippen LogP contribution in [0.25, 0.3) is 0 Å². The SMILES string of the molecule is CC(Oc1ccccc1)C(=O)Nc1ccc([N+](=O)[O-])cc1Cl. The van der Waals surface area contributed by atoms with Gasteiger partial charge < -0.3 is 10.1 Å². The first-order valence-corrected chi connectivity index (χ1v) is 6.81. The number of nitrogens with one attached hydrogen (secondary N) is 1. The van der Waals surface area contributed by atoms with E-state index in [1.54, 1.807) is 31.2 Å². The first-order chi connectivity index (χ1) is 10.5. The van der Waals surface area contributed by atoms with Gasteiger partial charge in [-0.15, -0.1) is 0 Å². The highest BCUT2D eigenvalue weighted by Gasteiger charge is 2.17. The predicted molar refractivity (Wildman–Crippen MR) is 83.3 cm³/mol. The van der Waals surface area contributed by atoms with E-state index in [1.165, 1.54) is 18.2 Å². The maximum Gasteiger partial charge on any atom is 0.271 e. The van der Waals surface area contributed by atoms with Crippen LogP contribution >= 0.6 is 11.6 Å². The summed E-state index contributed by atoms with van der Waals surface area (Å²) < 4.78 is 5.49. The average Bonchev–Trinajstić information content (AvgIpc) is 2.50. The molecular weight excluding hydrogens is 308 g/mol. The number of ether oxygens (including phenoxy) is 1. The summed E-state index contributed by atoms with van der Waals surface area (Å²) in [5.74, 6) is 0.166. The topological polar surface area (TPSA) is 81.5 Å². The Morgan fingerprint density at radius 3 is 2.55 bits per heavy atom. The molecule has 1 N–H and O–H groups in total. The van der Waals surface area contributed by atoms with Crippen molar-refractivity contribution in [1.82, 2.24) is 0 Å². The summed E-state index contributed by atoms with van der Waals surface area (Å²) in [5, 5.41) is 13.3. The van der Waals surface area contributed by atoms with Crippen LogP contribution in [-0.4, -0.2) is 16.9 Å². The summed E-state index contributed by atoms with van der Waals surface area (Å²) in [6.45, 7) is 1.60. The normalized spacial score (nSPS) is 11.5. The van der Waals surface area contributed by atoms with Crippen molar-refractivity contribution in [3.8, 4) is 5.75 Å². The Bertz CT molecular complexity index is 691. The van der Waals surface area contributed by atoms with Crippen molar-refractivity contribution in [2.24, 2.45) is 0 Å². The van der Waals surface area contributed by atoms with Gasteiger partial charge >= 0.3 is 0 Å².